The molecule has 0 radical (unpaired) electrons. The van der Waals surface area contributed by atoms with Gasteiger partial charge in [0.2, 0.25) is 0 Å². The summed E-state index contributed by atoms with van der Waals surface area (Å²) in [5, 5.41) is 1.68. The van der Waals surface area contributed by atoms with Crippen molar-refractivity contribution in [2.24, 2.45) is 0 Å². The summed E-state index contributed by atoms with van der Waals surface area (Å²) < 4.78 is 102. The van der Waals surface area contributed by atoms with Crippen LogP contribution in [0.2, 0.25) is 0 Å². The molecule has 2 aromatic heterocycles. The van der Waals surface area contributed by atoms with Gasteiger partial charge in [0.25, 0.3) is 0 Å². The van der Waals surface area contributed by atoms with Gasteiger partial charge in [0.1, 0.15) is 5.82 Å². The predicted molar refractivity (Wildman–Crippen MR) is 298 cm³/mol. The molecule has 0 saturated carbocycles. The monoisotopic (exact) mass is 1140 g/mol. The largest absolute Gasteiger partial charge is 0.517 e. The smallest absolute Gasteiger partial charge is 0.135 e. The Morgan fingerprint density at radius 3 is 2.07 bits per heavy atom. The zero-order chi connectivity index (χ0) is 59.2. The van der Waals surface area contributed by atoms with Gasteiger partial charge in [-0.3, -0.25) is 0 Å². The van der Waals surface area contributed by atoms with Crippen molar-refractivity contribution in [2.45, 2.75) is 112 Å². The molecule has 7 aromatic carbocycles. The zero-order valence-electron chi connectivity index (χ0n) is 53.5. The molecule has 370 valence electrons. The van der Waals surface area contributed by atoms with Crippen LogP contribution in [0.3, 0.4) is 0 Å². The minimum atomic E-state index is -2.75. The van der Waals surface area contributed by atoms with Gasteiger partial charge in [-0.1, -0.05) is 159 Å². The SMILES string of the molecule is [2H]c1c([2H])c([2H])c(-c2cnc(-n3c4[c-]c(OCc5[c-]c(N6[CH-]N(CCCc7c(-c8cc(C(C)(C)C)cc(C(C)(C)C)c8)cc(C(C)(C)C)cc7C([2H])([2H])[2H])c7ccccc76)ccc5)ccc4c4ccccc43)cc2C([2H])([2H])[2H])c([2H])c1[2H].[Pt]. The fraction of sp³-hybridized carbons (Fsp3) is 0.273. The number of anilines is 3. The van der Waals surface area contributed by atoms with Gasteiger partial charge in [0, 0.05) is 63.7 Å². The third-order valence-corrected chi connectivity index (χ3v) is 13.6. The van der Waals surface area contributed by atoms with Gasteiger partial charge in [-0.15, -0.1) is 28.8 Å². The summed E-state index contributed by atoms with van der Waals surface area (Å²) in [6.07, 6.45) is 2.49. The molecule has 0 bridgehead atoms. The minimum Gasteiger partial charge on any atom is -0.517 e. The molecule has 0 aliphatic carbocycles. The first kappa shape index (κ1) is 38.2. The molecule has 10 rings (SSSR count). The number of hydrogen-bond acceptors (Lipinski definition) is 4. The number of aryl methyl sites for hydroxylation is 2. The van der Waals surface area contributed by atoms with Crippen LogP contribution in [0.4, 0.5) is 17.1 Å². The Kier molecular flexibility index (Phi) is 10.6. The van der Waals surface area contributed by atoms with Gasteiger partial charge in [0.15, 0.2) is 0 Å². The van der Waals surface area contributed by atoms with Crippen LogP contribution in [-0.4, -0.2) is 16.1 Å². The molecule has 6 heteroatoms. The molecule has 0 unspecified atom stereocenters. The first-order valence-corrected chi connectivity index (χ1v) is 24.4. The van der Waals surface area contributed by atoms with Crippen molar-refractivity contribution >= 4 is 38.9 Å². The van der Waals surface area contributed by atoms with Gasteiger partial charge in [-0.25, -0.2) is 4.98 Å². The molecule has 72 heavy (non-hydrogen) atoms. The first-order chi connectivity index (χ1) is 38.4. The topological polar surface area (TPSA) is 33.5 Å². The third-order valence-electron chi connectivity index (χ3n) is 13.6. The van der Waals surface area contributed by atoms with Crippen molar-refractivity contribution in [1.82, 2.24) is 9.55 Å². The molecule has 1 aliphatic rings. The zero-order valence-corrected chi connectivity index (χ0v) is 44.7. The van der Waals surface area contributed by atoms with Crippen LogP contribution in [0.5, 0.6) is 5.75 Å². The fourth-order valence-corrected chi connectivity index (χ4v) is 9.48. The van der Waals surface area contributed by atoms with Gasteiger partial charge >= 0.3 is 0 Å². The number of rotatable bonds is 11. The molecular weight excluding hydrogens is 1060 g/mol. The van der Waals surface area contributed by atoms with Crippen LogP contribution in [0.25, 0.3) is 49.9 Å². The molecule has 0 amide bonds. The van der Waals surface area contributed by atoms with Crippen LogP contribution in [0, 0.1) is 32.5 Å². The number of aromatic nitrogens is 2. The standard InChI is InChI=1S/C66H67N4O.Pt/c1-44-33-49(64(3,4)5)39-57(48-36-50(65(6,7)8)38-51(37-48)66(9,10)11)54(44)26-20-32-68-43-69(61-29-18-17-28-60(61)68)52-24-19-21-46(35-52)42-71-53-30-31-56-55-25-15-16-27-59(55)70(62(56)40-53)63-34-45(2)58(41-67-63)47-22-13-12-14-23-47;/h12-19,21-25,27-31,33-34,36-39,41,43H,20,26,32,42H2,1-11H3;/q-3;/i1D3,2D3,12D,13D,14D,22D,23D;. The number of para-hydroxylation sites is 3. The molecule has 9 aromatic rings. The molecule has 0 spiro atoms. The van der Waals surface area contributed by atoms with Crippen molar-refractivity contribution < 1.29 is 40.9 Å². The second-order valence-corrected chi connectivity index (χ2v) is 21.7. The Morgan fingerprint density at radius 2 is 1.35 bits per heavy atom. The van der Waals surface area contributed by atoms with E-state index >= 15 is 0 Å². The maximum Gasteiger partial charge on any atom is 0.135 e. The molecule has 0 atom stereocenters. The summed E-state index contributed by atoms with van der Waals surface area (Å²) in [5.41, 5.74) is 10.5. The number of hydrogen-bond donors (Lipinski definition) is 0. The Morgan fingerprint density at radius 1 is 0.653 bits per heavy atom. The van der Waals surface area contributed by atoms with Gasteiger partial charge in [0.05, 0.1) is 13.5 Å². The van der Waals surface area contributed by atoms with E-state index in [1.165, 1.54) is 23.4 Å². The van der Waals surface area contributed by atoms with Crippen molar-refractivity contribution in [3.63, 3.8) is 0 Å². The normalized spacial score (nSPS) is 15.5. The van der Waals surface area contributed by atoms with Gasteiger partial charge in [-0.2, -0.15) is 37.0 Å². The van der Waals surface area contributed by atoms with Crippen LogP contribution >= 0.6 is 0 Å². The van der Waals surface area contributed by atoms with E-state index < -0.39 is 43.9 Å². The maximum atomic E-state index is 8.90. The quantitative estimate of drug-likeness (QED) is 0.121. The second-order valence-electron chi connectivity index (χ2n) is 21.7. The van der Waals surface area contributed by atoms with Crippen molar-refractivity contribution in [1.29, 1.82) is 0 Å². The van der Waals surface area contributed by atoms with E-state index in [1.807, 2.05) is 72.8 Å². The van der Waals surface area contributed by atoms with Gasteiger partial charge < -0.3 is 19.1 Å². The van der Waals surface area contributed by atoms with Crippen LogP contribution in [-0.2, 0) is 50.3 Å². The molecule has 0 saturated heterocycles. The minimum absolute atomic E-state index is 0. The van der Waals surface area contributed by atoms with Crippen molar-refractivity contribution in [3.05, 3.63) is 209 Å². The van der Waals surface area contributed by atoms with Crippen LogP contribution in [0.1, 0.15) is 123 Å². The number of benzene rings is 7. The average molecular weight is 1140 g/mol. The average Bonchev–Trinajstić information content (AvgIpc) is 4.23. The Bertz CT molecular complexity index is 3900. The molecule has 0 fully saturated rings. The summed E-state index contributed by atoms with van der Waals surface area (Å²) in [6.45, 7) is 17.5. The molecule has 3 heterocycles. The van der Waals surface area contributed by atoms with Crippen LogP contribution < -0.4 is 14.5 Å². The summed E-state index contributed by atoms with van der Waals surface area (Å²) in [6, 6.07) is 42.1. The molecular formula is C66H67N4OPt-3. The number of pyridine rings is 1. The second kappa shape index (κ2) is 19.9. The number of fused-ring (bicyclic) bond motifs is 4. The summed E-state index contributed by atoms with van der Waals surface area (Å²) in [7, 11) is 0. The van der Waals surface area contributed by atoms with E-state index in [1.54, 1.807) is 4.57 Å². The summed E-state index contributed by atoms with van der Waals surface area (Å²) >= 11 is 0. The number of ether oxygens (including phenoxy) is 1. The van der Waals surface area contributed by atoms with Crippen molar-refractivity contribution in [2.75, 3.05) is 16.3 Å². The fourth-order valence-electron chi connectivity index (χ4n) is 9.48. The van der Waals surface area contributed by atoms with Crippen LogP contribution in [0.15, 0.2) is 152 Å². The number of nitrogens with zero attached hydrogens (tertiary/aromatic N) is 4. The van der Waals surface area contributed by atoms with Crippen molar-refractivity contribution in [3.8, 4) is 33.8 Å². The summed E-state index contributed by atoms with van der Waals surface area (Å²) in [4.78, 5) is 9.03. The molecule has 5 nitrogen and oxygen atoms in total. The van der Waals surface area contributed by atoms with E-state index in [0.717, 1.165) is 61.2 Å². The van der Waals surface area contributed by atoms with E-state index in [-0.39, 0.29) is 66.4 Å². The summed E-state index contributed by atoms with van der Waals surface area (Å²) in [5.74, 6) is 0.649. The third kappa shape index (κ3) is 10.2. The van der Waals surface area contributed by atoms with E-state index in [2.05, 4.69) is 127 Å². The Labute approximate surface area is 458 Å². The maximum absolute atomic E-state index is 8.90. The molecule has 1 aliphatic heterocycles. The van der Waals surface area contributed by atoms with E-state index in [4.69, 9.17) is 24.8 Å². The Hall–Kier alpha value is -6.42. The van der Waals surface area contributed by atoms with E-state index in [9.17, 15) is 0 Å². The Balaban J connectivity index is 0.00000828. The van der Waals surface area contributed by atoms with E-state index in [0.29, 0.717) is 36.2 Å². The van der Waals surface area contributed by atoms with Gasteiger partial charge in [-0.05, 0) is 129 Å². The first-order valence-electron chi connectivity index (χ1n) is 29.9. The predicted octanol–water partition coefficient (Wildman–Crippen LogP) is 16.9. The molecule has 0 N–H and O–H groups in total.